The van der Waals surface area contributed by atoms with Gasteiger partial charge in [-0.1, -0.05) is 11.6 Å². The Bertz CT molecular complexity index is 1020. The molecule has 0 aliphatic heterocycles. The SMILES string of the molecule is CC(C)=CCc1cc2c(=O)c(O)c(-c3ccc(O)cc3)oc2cc1O. The van der Waals surface area contributed by atoms with E-state index in [1.54, 1.807) is 0 Å². The van der Waals surface area contributed by atoms with Crippen LogP contribution in [0.3, 0.4) is 0 Å². The van der Waals surface area contributed by atoms with Gasteiger partial charge in [0.05, 0.1) is 5.39 Å². The third kappa shape index (κ3) is 3.21. The number of rotatable bonds is 3. The van der Waals surface area contributed by atoms with Crippen LogP contribution >= 0.6 is 0 Å². The normalized spacial score (nSPS) is 10.8. The molecule has 2 aromatic carbocycles. The number of phenols is 2. The molecular formula is C20H18O5. The van der Waals surface area contributed by atoms with Crippen LogP contribution in [0.5, 0.6) is 17.2 Å². The molecule has 25 heavy (non-hydrogen) atoms. The van der Waals surface area contributed by atoms with Crippen molar-refractivity contribution >= 4 is 11.0 Å². The summed E-state index contributed by atoms with van der Waals surface area (Å²) in [6.07, 6.45) is 2.41. The molecule has 0 aliphatic rings. The lowest BCUT2D eigenvalue weighted by Gasteiger charge is -2.09. The number of benzene rings is 2. The van der Waals surface area contributed by atoms with E-state index in [0.717, 1.165) is 5.57 Å². The van der Waals surface area contributed by atoms with Crippen molar-refractivity contribution in [2.45, 2.75) is 20.3 Å². The van der Waals surface area contributed by atoms with Crippen molar-refractivity contribution in [3.05, 3.63) is 63.8 Å². The third-order valence-corrected chi connectivity index (χ3v) is 3.93. The number of fused-ring (bicyclic) bond motifs is 1. The van der Waals surface area contributed by atoms with E-state index in [2.05, 4.69) is 0 Å². The maximum Gasteiger partial charge on any atom is 0.235 e. The molecule has 0 fully saturated rings. The molecule has 3 rings (SSSR count). The monoisotopic (exact) mass is 338 g/mol. The summed E-state index contributed by atoms with van der Waals surface area (Å²) >= 11 is 0. The van der Waals surface area contributed by atoms with Crippen LogP contribution in [0, 0.1) is 0 Å². The van der Waals surface area contributed by atoms with E-state index in [-0.39, 0.29) is 28.2 Å². The Morgan fingerprint density at radius 3 is 2.40 bits per heavy atom. The van der Waals surface area contributed by atoms with E-state index < -0.39 is 11.2 Å². The average molecular weight is 338 g/mol. The quantitative estimate of drug-likeness (QED) is 0.626. The number of allylic oxidation sites excluding steroid dienone is 2. The number of hydrogen-bond acceptors (Lipinski definition) is 5. The number of hydrogen-bond donors (Lipinski definition) is 3. The second kappa shape index (κ2) is 6.36. The minimum Gasteiger partial charge on any atom is -0.508 e. The van der Waals surface area contributed by atoms with Crippen LogP contribution in [0.15, 0.2) is 57.3 Å². The van der Waals surface area contributed by atoms with Gasteiger partial charge in [0.25, 0.3) is 0 Å². The molecule has 0 unspecified atom stereocenters. The van der Waals surface area contributed by atoms with Crippen molar-refractivity contribution in [1.29, 1.82) is 0 Å². The van der Waals surface area contributed by atoms with E-state index in [4.69, 9.17) is 4.42 Å². The molecule has 0 atom stereocenters. The molecule has 0 spiro atoms. The molecule has 0 bridgehead atoms. The first-order valence-electron chi connectivity index (χ1n) is 7.81. The fourth-order valence-corrected chi connectivity index (χ4v) is 2.55. The van der Waals surface area contributed by atoms with Gasteiger partial charge in [-0.05, 0) is 56.2 Å². The van der Waals surface area contributed by atoms with Crippen LogP contribution in [0.4, 0.5) is 0 Å². The highest BCUT2D eigenvalue weighted by atomic mass is 16.4. The van der Waals surface area contributed by atoms with Gasteiger partial charge in [-0.25, -0.2) is 0 Å². The molecular weight excluding hydrogens is 320 g/mol. The Hall–Kier alpha value is -3.21. The van der Waals surface area contributed by atoms with Crippen LogP contribution in [-0.2, 0) is 6.42 Å². The zero-order valence-corrected chi connectivity index (χ0v) is 13.9. The Balaban J connectivity index is 2.20. The molecule has 0 radical (unpaired) electrons. The third-order valence-electron chi connectivity index (χ3n) is 3.93. The van der Waals surface area contributed by atoms with E-state index >= 15 is 0 Å². The van der Waals surface area contributed by atoms with Gasteiger partial charge in [-0.3, -0.25) is 4.79 Å². The molecule has 5 nitrogen and oxygen atoms in total. The highest BCUT2D eigenvalue weighted by molar-refractivity contribution is 5.84. The van der Waals surface area contributed by atoms with Crippen LogP contribution in [0.2, 0.25) is 0 Å². The van der Waals surface area contributed by atoms with Gasteiger partial charge in [0.2, 0.25) is 11.2 Å². The molecule has 5 heteroatoms. The first-order chi connectivity index (χ1) is 11.9. The standard InChI is InChI=1S/C20H18O5/c1-11(2)3-4-13-9-15-17(10-16(13)22)25-20(19(24)18(15)23)12-5-7-14(21)8-6-12/h3,5-10,21-22,24H,4H2,1-2H3. The highest BCUT2D eigenvalue weighted by Gasteiger charge is 2.17. The van der Waals surface area contributed by atoms with Gasteiger partial charge in [0.15, 0.2) is 5.76 Å². The van der Waals surface area contributed by atoms with E-state index in [1.165, 1.54) is 36.4 Å². The smallest absolute Gasteiger partial charge is 0.235 e. The Labute approximate surface area is 144 Å². The van der Waals surface area contributed by atoms with Crippen LogP contribution in [-0.4, -0.2) is 15.3 Å². The first kappa shape index (κ1) is 16.6. The fraction of sp³-hybridized carbons (Fsp3) is 0.150. The van der Waals surface area contributed by atoms with Crippen molar-refractivity contribution in [3.63, 3.8) is 0 Å². The molecule has 0 amide bonds. The summed E-state index contributed by atoms with van der Waals surface area (Å²) in [5.74, 6) is -0.422. The molecule has 128 valence electrons. The van der Waals surface area contributed by atoms with Crippen molar-refractivity contribution in [2.75, 3.05) is 0 Å². The predicted octanol–water partition coefficient (Wildman–Crippen LogP) is 4.09. The summed E-state index contributed by atoms with van der Waals surface area (Å²) in [7, 11) is 0. The van der Waals surface area contributed by atoms with E-state index in [0.29, 0.717) is 17.5 Å². The minimum absolute atomic E-state index is 0.00560. The molecule has 1 heterocycles. The lowest BCUT2D eigenvalue weighted by Crippen LogP contribution is -2.03. The van der Waals surface area contributed by atoms with Crippen LogP contribution in [0.25, 0.3) is 22.3 Å². The van der Waals surface area contributed by atoms with Gasteiger partial charge in [0, 0.05) is 11.6 Å². The zero-order chi connectivity index (χ0) is 18.1. The second-order valence-corrected chi connectivity index (χ2v) is 6.12. The Morgan fingerprint density at radius 2 is 1.76 bits per heavy atom. The Morgan fingerprint density at radius 1 is 1.08 bits per heavy atom. The van der Waals surface area contributed by atoms with Crippen molar-refractivity contribution in [1.82, 2.24) is 0 Å². The van der Waals surface area contributed by atoms with Gasteiger partial charge < -0.3 is 19.7 Å². The first-order valence-corrected chi connectivity index (χ1v) is 7.81. The minimum atomic E-state index is -0.567. The van der Waals surface area contributed by atoms with Gasteiger partial charge in [-0.2, -0.15) is 0 Å². The molecule has 0 saturated carbocycles. The van der Waals surface area contributed by atoms with Gasteiger partial charge >= 0.3 is 0 Å². The van der Waals surface area contributed by atoms with Crippen molar-refractivity contribution in [3.8, 4) is 28.6 Å². The summed E-state index contributed by atoms with van der Waals surface area (Å²) in [6.45, 7) is 3.89. The summed E-state index contributed by atoms with van der Waals surface area (Å²) < 4.78 is 5.65. The van der Waals surface area contributed by atoms with Gasteiger partial charge in [-0.15, -0.1) is 0 Å². The molecule has 3 aromatic rings. The average Bonchev–Trinajstić information content (AvgIpc) is 2.57. The predicted molar refractivity (Wildman–Crippen MR) is 96.0 cm³/mol. The van der Waals surface area contributed by atoms with Crippen molar-refractivity contribution in [2.24, 2.45) is 0 Å². The Kier molecular flexibility index (Phi) is 4.23. The molecule has 0 aliphatic carbocycles. The highest BCUT2D eigenvalue weighted by Crippen LogP contribution is 2.33. The number of aromatic hydroxyl groups is 3. The maximum atomic E-state index is 12.5. The fourth-order valence-electron chi connectivity index (χ4n) is 2.55. The zero-order valence-electron chi connectivity index (χ0n) is 13.9. The topological polar surface area (TPSA) is 90.9 Å². The van der Waals surface area contributed by atoms with E-state index in [9.17, 15) is 20.1 Å². The molecule has 0 saturated heterocycles. The maximum absolute atomic E-state index is 12.5. The van der Waals surface area contributed by atoms with Crippen LogP contribution < -0.4 is 5.43 Å². The van der Waals surface area contributed by atoms with Crippen LogP contribution in [0.1, 0.15) is 19.4 Å². The summed E-state index contributed by atoms with van der Waals surface area (Å²) in [4.78, 5) is 12.5. The molecule has 1 aromatic heterocycles. The van der Waals surface area contributed by atoms with Crippen molar-refractivity contribution < 1.29 is 19.7 Å². The largest absolute Gasteiger partial charge is 0.508 e. The molecule has 3 N–H and O–H groups in total. The second-order valence-electron chi connectivity index (χ2n) is 6.12. The summed E-state index contributed by atoms with van der Waals surface area (Å²) in [6, 6.07) is 8.84. The lowest BCUT2D eigenvalue weighted by molar-refractivity contribution is 0.446. The number of phenolic OH excluding ortho intramolecular Hbond substituents is 2. The summed E-state index contributed by atoms with van der Waals surface area (Å²) in [5, 5.41) is 30.0. The van der Waals surface area contributed by atoms with E-state index in [1.807, 2.05) is 19.9 Å². The lowest BCUT2D eigenvalue weighted by atomic mass is 10.0. The van der Waals surface area contributed by atoms with Gasteiger partial charge in [0.1, 0.15) is 17.1 Å². The summed E-state index contributed by atoms with van der Waals surface area (Å²) in [5.41, 5.74) is 1.74.